The van der Waals surface area contributed by atoms with E-state index in [9.17, 15) is 8.42 Å². The zero-order chi connectivity index (χ0) is 7.49. The third-order valence-corrected chi connectivity index (χ3v) is 2.51. The average molecular weight is 153 g/mol. The Labute approximate surface area is 54.8 Å². The summed E-state index contributed by atoms with van der Waals surface area (Å²) in [6, 6.07) is 0. The maximum Gasteiger partial charge on any atom is 0.269 e. The van der Waals surface area contributed by atoms with Gasteiger partial charge >= 0.3 is 0 Å². The van der Waals surface area contributed by atoms with Gasteiger partial charge in [0.2, 0.25) is 0 Å². The second kappa shape index (κ2) is 3.14. The van der Waals surface area contributed by atoms with Gasteiger partial charge < -0.3 is 5.73 Å². The fourth-order valence-corrected chi connectivity index (χ4v) is 1.16. The smallest absolute Gasteiger partial charge is 0.269 e. The van der Waals surface area contributed by atoms with Crippen molar-refractivity contribution in [1.29, 1.82) is 0 Å². The number of hydrogen-bond acceptors (Lipinski definition) is 3. The van der Waals surface area contributed by atoms with E-state index in [4.69, 9.17) is 10.3 Å². The highest BCUT2D eigenvalue weighted by Crippen LogP contribution is 1.99. The third kappa shape index (κ3) is 2.78. The van der Waals surface area contributed by atoms with Crippen molar-refractivity contribution in [3.8, 4) is 0 Å². The van der Waals surface area contributed by atoms with Crippen LogP contribution in [0, 0.1) is 0 Å². The van der Waals surface area contributed by atoms with Gasteiger partial charge in [-0.15, -0.1) is 0 Å². The lowest BCUT2D eigenvalue weighted by Gasteiger charge is -2.05. The molecule has 0 saturated carbocycles. The molecule has 0 heterocycles. The van der Waals surface area contributed by atoms with E-state index in [1.54, 1.807) is 6.92 Å². The van der Waals surface area contributed by atoms with E-state index in [-0.39, 0.29) is 6.54 Å². The van der Waals surface area contributed by atoms with Crippen LogP contribution in [0.25, 0.3) is 0 Å². The monoisotopic (exact) mass is 153 g/mol. The Bertz CT molecular complexity index is 159. The summed E-state index contributed by atoms with van der Waals surface area (Å²) < 4.78 is 28.9. The predicted octanol–water partition coefficient (Wildman–Crippen LogP) is -0.388. The van der Waals surface area contributed by atoms with Gasteiger partial charge in [-0.1, -0.05) is 6.92 Å². The molecule has 0 aromatic rings. The number of nitrogens with two attached hydrogens (primary N) is 1. The van der Waals surface area contributed by atoms with Crippen LogP contribution in [-0.2, 0) is 10.1 Å². The number of hydrogen-bond donors (Lipinski definition) is 2. The standard InChI is InChI=1S/C4H11NO3S/c1-2-4(3-5)9(6,7)8/h4H,2-3,5H2,1H3,(H,6,7,8). The molecule has 0 aliphatic rings. The minimum atomic E-state index is -3.89. The lowest BCUT2D eigenvalue weighted by Crippen LogP contribution is -2.28. The molecule has 1 atom stereocenters. The fourth-order valence-electron chi connectivity index (χ4n) is 0.499. The molecule has 4 nitrogen and oxygen atoms in total. The Balaban J connectivity index is 4.14. The van der Waals surface area contributed by atoms with Gasteiger partial charge in [0, 0.05) is 6.54 Å². The molecule has 5 heteroatoms. The highest BCUT2D eigenvalue weighted by Gasteiger charge is 2.17. The van der Waals surface area contributed by atoms with Crippen molar-refractivity contribution < 1.29 is 13.0 Å². The van der Waals surface area contributed by atoms with Crippen LogP contribution < -0.4 is 5.73 Å². The van der Waals surface area contributed by atoms with E-state index in [2.05, 4.69) is 0 Å². The second-order valence-corrected chi connectivity index (χ2v) is 3.48. The van der Waals surface area contributed by atoms with Crippen LogP contribution in [-0.4, -0.2) is 24.8 Å². The first kappa shape index (κ1) is 8.87. The van der Waals surface area contributed by atoms with Gasteiger partial charge in [-0.3, -0.25) is 4.55 Å². The highest BCUT2D eigenvalue weighted by molar-refractivity contribution is 7.86. The first-order valence-electron chi connectivity index (χ1n) is 2.68. The molecule has 1 unspecified atom stereocenters. The molecule has 0 aliphatic heterocycles. The molecule has 56 valence electrons. The van der Waals surface area contributed by atoms with Crippen molar-refractivity contribution in [2.75, 3.05) is 6.54 Å². The molecular formula is C4H11NO3S. The predicted molar refractivity (Wildman–Crippen MR) is 34.7 cm³/mol. The molecule has 0 bridgehead atoms. The summed E-state index contributed by atoms with van der Waals surface area (Å²) in [5.74, 6) is 0. The molecule has 0 amide bonds. The van der Waals surface area contributed by atoms with E-state index >= 15 is 0 Å². The van der Waals surface area contributed by atoms with Crippen LogP contribution in [0.5, 0.6) is 0 Å². The molecule has 0 fully saturated rings. The van der Waals surface area contributed by atoms with E-state index < -0.39 is 15.4 Å². The van der Waals surface area contributed by atoms with Crippen LogP contribution in [0.2, 0.25) is 0 Å². The van der Waals surface area contributed by atoms with E-state index in [0.717, 1.165) is 0 Å². The van der Waals surface area contributed by atoms with Crippen molar-refractivity contribution in [3.63, 3.8) is 0 Å². The summed E-state index contributed by atoms with van der Waals surface area (Å²) in [6.45, 7) is 1.64. The van der Waals surface area contributed by atoms with Crippen LogP contribution >= 0.6 is 0 Å². The molecule has 0 aromatic carbocycles. The Morgan fingerprint density at radius 2 is 2.11 bits per heavy atom. The van der Waals surface area contributed by atoms with Gasteiger partial charge in [-0.25, -0.2) is 0 Å². The highest BCUT2D eigenvalue weighted by atomic mass is 32.2. The largest absolute Gasteiger partial charge is 0.329 e. The minimum absolute atomic E-state index is 0.0185. The summed E-state index contributed by atoms with van der Waals surface area (Å²) in [6.07, 6.45) is 0.356. The normalized spacial score (nSPS) is 15.4. The Morgan fingerprint density at radius 3 is 2.11 bits per heavy atom. The van der Waals surface area contributed by atoms with E-state index in [0.29, 0.717) is 6.42 Å². The van der Waals surface area contributed by atoms with Gasteiger partial charge in [0.1, 0.15) is 0 Å². The summed E-state index contributed by atoms with van der Waals surface area (Å²) >= 11 is 0. The van der Waals surface area contributed by atoms with Crippen LogP contribution in [0.15, 0.2) is 0 Å². The van der Waals surface area contributed by atoms with Gasteiger partial charge in [0.15, 0.2) is 0 Å². The second-order valence-electron chi connectivity index (χ2n) is 1.78. The molecule has 0 radical (unpaired) electrons. The molecular weight excluding hydrogens is 142 g/mol. The maximum atomic E-state index is 10.3. The number of rotatable bonds is 3. The quantitative estimate of drug-likeness (QED) is 0.541. The fraction of sp³-hybridized carbons (Fsp3) is 1.00. The molecule has 0 rings (SSSR count). The van der Waals surface area contributed by atoms with E-state index in [1.807, 2.05) is 0 Å². The zero-order valence-corrected chi connectivity index (χ0v) is 6.06. The van der Waals surface area contributed by atoms with Gasteiger partial charge in [0.05, 0.1) is 5.25 Å². The maximum absolute atomic E-state index is 10.3. The average Bonchev–Trinajstić information content (AvgIpc) is 1.65. The van der Waals surface area contributed by atoms with Gasteiger partial charge in [-0.05, 0) is 6.42 Å². The first-order chi connectivity index (χ1) is 4.02. The Kier molecular flexibility index (Phi) is 3.10. The van der Waals surface area contributed by atoms with Gasteiger partial charge in [-0.2, -0.15) is 8.42 Å². The molecule has 0 aliphatic carbocycles. The summed E-state index contributed by atoms with van der Waals surface area (Å²) in [7, 11) is -3.89. The van der Waals surface area contributed by atoms with Crippen molar-refractivity contribution >= 4 is 10.1 Å². The molecule has 0 spiro atoms. The van der Waals surface area contributed by atoms with Crippen LogP contribution in [0.1, 0.15) is 13.3 Å². The summed E-state index contributed by atoms with van der Waals surface area (Å²) in [5, 5.41) is -0.794. The SMILES string of the molecule is CCC(CN)S(=O)(=O)O. The van der Waals surface area contributed by atoms with E-state index in [1.165, 1.54) is 0 Å². The third-order valence-electron chi connectivity index (χ3n) is 1.14. The topological polar surface area (TPSA) is 80.4 Å². The molecule has 0 aromatic heterocycles. The molecule has 3 N–H and O–H groups in total. The lowest BCUT2D eigenvalue weighted by molar-refractivity contribution is 0.465. The van der Waals surface area contributed by atoms with Crippen molar-refractivity contribution in [2.24, 2.45) is 5.73 Å². The lowest BCUT2D eigenvalue weighted by atomic mass is 10.3. The molecule has 9 heavy (non-hydrogen) atoms. The summed E-state index contributed by atoms with van der Waals surface area (Å²) in [5.41, 5.74) is 5.03. The van der Waals surface area contributed by atoms with Gasteiger partial charge in [0.25, 0.3) is 10.1 Å². The zero-order valence-electron chi connectivity index (χ0n) is 5.24. The van der Waals surface area contributed by atoms with Crippen molar-refractivity contribution in [2.45, 2.75) is 18.6 Å². The van der Waals surface area contributed by atoms with Crippen molar-refractivity contribution in [3.05, 3.63) is 0 Å². The van der Waals surface area contributed by atoms with Crippen LogP contribution in [0.3, 0.4) is 0 Å². The molecule has 0 saturated heterocycles. The first-order valence-corrected chi connectivity index (χ1v) is 4.19. The Hall–Kier alpha value is -0.130. The minimum Gasteiger partial charge on any atom is -0.329 e. The van der Waals surface area contributed by atoms with Crippen LogP contribution in [0.4, 0.5) is 0 Å². The Morgan fingerprint density at radius 1 is 1.67 bits per heavy atom. The van der Waals surface area contributed by atoms with Crippen molar-refractivity contribution in [1.82, 2.24) is 0 Å². The summed E-state index contributed by atoms with van der Waals surface area (Å²) in [4.78, 5) is 0.